The van der Waals surface area contributed by atoms with E-state index in [1.165, 1.54) is 0 Å². The molecule has 1 aromatic carbocycles. The van der Waals surface area contributed by atoms with E-state index in [-0.39, 0.29) is 0 Å². The number of nitrogens with zero attached hydrogens (tertiary/aromatic N) is 1. The molecule has 1 atom stereocenters. The van der Waals surface area contributed by atoms with E-state index in [0.29, 0.717) is 17.4 Å². The van der Waals surface area contributed by atoms with Crippen LogP contribution in [0.15, 0.2) is 39.4 Å². The summed E-state index contributed by atoms with van der Waals surface area (Å²) in [5, 5.41) is 9.56. The molecule has 0 aliphatic rings. The van der Waals surface area contributed by atoms with E-state index in [0.717, 1.165) is 14.5 Å². The molecule has 0 fully saturated rings. The largest absolute Gasteiger partial charge is 0.496 e. The van der Waals surface area contributed by atoms with Crippen molar-refractivity contribution < 1.29 is 14.6 Å². The van der Waals surface area contributed by atoms with Gasteiger partial charge in [0.2, 0.25) is 5.88 Å². The molecule has 20 heavy (non-hydrogen) atoms. The number of aromatic nitrogens is 1. The number of ether oxygens (including phenoxy) is 2. The second-order valence-corrected chi connectivity index (χ2v) is 5.83. The summed E-state index contributed by atoms with van der Waals surface area (Å²) in [6.07, 6.45) is 1.04. The summed E-state index contributed by atoms with van der Waals surface area (Å²) in [5.74, 6) is 1.73. The van der Waals surface area contributed by atoms with E-state index in [1.807, 2.05) is 0 Å². The molecule has 0 amide bonds. The Kier molecular flexibility index (Phi) is 5.01. The van der Waals surface area contributed by atoms with Crippen LogP contribution in [0.3, 0.4) is 0 Å². The maximum atomic E-state index is 9.56. The maximum absolute atomic E-state index is 9.56. The number of aliphatic hydroxyl groups is 1. The highest BCUT2D eigenvalue weighted by Gasteiger charge is 2.11. The highest BCUT2D eigenvalue weighted by Crippen LogP contribution is 2.37. The molecule has 4 nitrogen and oxygen atoms in total. The standard InChI is InChI=1S/C14H13Br2NO3/c1-8(18)9-3-4-17-14(5-9)20-13-7-10(15)12(19-2)6-11(13)16/h3-8,18H,1-2H3. The highest BCUT2D eigenvalue weighted by atomic mass is 79.9. The predicted octanol–water partition coefficient (Wildman–Crippen LogP) is 4.46. The molecule has 1 heterocycles. The lowest BCUT2D eigenvalue weighted by Crippen LogP contribution is -1.95. The summed E-state index contributed by atoms with van der Waals surface area (Å²) in [5.41, 5.74) is 0.749. The fourth-order valence-corrected chi connectivity index (χ4v) is 2.49. The van der Waals surface area contributed by atoms with Crippen LogP contribution in [0.1, 0.15) is 18.6 Å². The van der Waals surface area contributed by atoms with Gasteiger partial charge in [0.15, 0.2) is 0 Å². The number of halogens is 2. The summed E-state index contributed by atoms with van der Waals surface area (Å²) < 4.78 is 12.5. The minimum absolute atomic E-state index is 0.418. The second-order valence-electron chi connectivity index (χ2n) is 4.12. The Labute approximate surface area is 134 Å². The number of hydrogen-bond acceptors (Lipinski definition) is 4. The molecule has 0 saturated heterocycles. The molecule has 1 aromatic heterocycles. The van der Waals surface area contributed by atoms with Crippen LogP contribution < -0.4 is 9.47 Å². The van der Waals surface area contributed by atoms with Crippen LogP contribution in [0, 0.1) is 0 Å². The fraction of sp³-hybridized carbons (Fsp3) is 0.214. The summed E-state index contributed by atoms with van der Waals surface area (Å²) >= 11 is 6.83. The van der Waals surface area contributed by atoms with E-state index < -0.39 is 6.10 Å². The monoisotopic (exact) mass is 401 g/mol. The zero-order chi connectivity index (χ0) is 14.7. The topological polar surface area (TPSA) is 51.6 Å². The van der Waals surface area contributed by atoms with Crippen molar-refractivity contribution in [3.8, 4) is 17.4 Å². The number of hydrogen-bond donors (Lipinski definition) is 1. The van der Waals surface area contributed by atoms with Crippen molar-refractivity contribution in [1.29, 1.82) is 0 Å². The van der Waals surface area contributed by atoms with Gasteiger partial charge in [-0.2, -0.15) is 0 Å². The molecular weight excluding hydrogens is 390 g/mol. The van der Waals surface area contributed by atoms with Crippen LogP contribution in [-0.4, -0.2) is 17.2 Å². The van der Waals surface area contributed by atoms with E-state index in [9.17, 15) is 5.11 Å². The summed E-state index contributed by atoms with van der Waals surface area (Å²) in [4.78, 5) is 4.13. The lowest BCUT2D eigenvalue weighted by molar-refractivity contribution is 0.198. The molecule has 0 radical (unpaired) electrons. The van der Waals surface area contributed by atoms with Gasteiger partial charge in [-0.1, -0.05) is 0 Å². The molecule has 0 bridgehead atoms. The molecule has 0 saturated carbocycles. The van der Waals surface area contributed by atoms with Crippen LogP contribution in [0.4, 0.5) is 0 Å². The van der Waals surface area contributed by atoms with Gasteiger partial charge in [-0.3, -0.25) is 0 Å². The first-order valence-electron chi connectivity index (χ1n) is 5.86. The minimum atomic E-state index is -0.564. The first-order chi connectivity index (χ1) is 9.51. The van der Waals surface area contributed by atoms with Crippen LogP contribution in [0.2, 0.25) is 0 Å². The van der Waals surface area contributed by atoms with Crippen molar-refractivity contribution in [3.05, 3.63) is 45.0 Å². The molecule has 106 valence electrons. The third-order valence-corrected chi connectivity index (χ3v) is 3.90. The van der Waals surface area contributed by atoms with Crippen molar-refractivity contribution in [1.82, 2.24) is 4.98 Å². The summed E-state index contributed by atoms with van der Waals surface area (Å²) in [6.45, 7) is 1.69. The first-order valence-corrected chi connectivity index (χ1v) is 7.44. The van der Waals surface area contributed by atoms with Gasteiger partial charge in [0.1, 0.15) is 11.5 Å². The average molecular weight is 403 g/mol. The zero-order valence-corrected chi connectivity index (χ0v) is 14.1. The molecule has 1 unspecified atom stereocenters. The highest BCUT2D eigenvalue weighted by molar-refractivity contribution is 9.11. The van der Waals surface area contributed by atoms with Crippen molar-refractivity contribution >= 4 is 31.9 Å². The van der Waals surface area contributed by atoms with Crippen LogP contribution in [-0.2, 0) is 0 Å². The molecule has 2 rings (SSSR count). The van der Waals surface area contributed by atoms with E-state index >= 15 is 0 Å². The second kappa shape index (κ2) is 6.56. The lowest BCUT2D eigenvalue weighted by Gasteiger charge is -2.11. The Balaban J connectivity index is 2.30. The Bertz CT molecular complexity index is 617. The van der Waals surface area contributed by atoms with Gasteiger partial charge in [-0.15, -0.1) is 0 Å². The molecule has 0 spiro atoms. The third-order valence-electron chi connectivity index (χ3n) is 2.66. The van der Waals surface area contributed by atoms with Gasteiger partial charge in [-0.25, -0.2) is 4.98 Å². The number of methoxy groups -OCH3 is 1. The van der Waals surface area contributed by atoms with Gasteiger partial charge in [-0.05, 0) is 62.5 Å². The quantitative estimate of drug-likeness (QED) is 0.820. The first kappa shape index (κ1) is 15.3. The van der Waals surface area contributed by atoms with Crippen LogP contribution in [0.5, 0.6) is 17.4 Å². The normalized spacial score (nSPS) is 12.1. The molecular formula is C14H13Br2NO3. The molecule has 0 aliphatic carbocycles. The van der Waals surface area contributed by atoms with Crippen molar-refractivity contribution in [2.45, 2.75) is 13.0 Å². The Morgan fingerprint density at radius 3 is 2.45 bits per heavy atom. The SMILES string of the molecule is COc1cc(Br)c(Oc2cc(C(C)O)ccn2)cc1Br. The Morgan fingerprint density at radius 1 is 1.15 bits per heavy atom. The average Bonchev–Trinajstić information content (AvgIpc) is 2.42. The van der Waals surface area contributed by atoms with Gasteiger partial charge >= 0.3 is 0 Å². The van der Waals surface area contributed by atoms with E-state index in [2.05, 4.69) is 36.8 Å². The number of pyridine rings is 1. The van der Waals surface area contributed by atoms with Crippen molar-refractivity contribution in [2.24, 2.45) is 0 Å². The predicted molar refractivity (Wildman–Crippen MR) is 83.3 cm³/mol. The van der Waals surface area contributed by atoms with Crippen LogP contribution in [0.25, 0.3) is 0 Å². The van der Waals surface area contributed by atoms with Crippen molar-refractivity contribution in [3.63, 3.8) is 0 Å². The molecule has 6 heteroatoms. The van der Waals surface area contributed by atoms with Gasteiger partial charge in [0.05, 0.1) is 22.2 Å². The molecule has 1 N–H and O–H groups in total. The number of rotatable bonds is 4. The summed E-state index contributed by atoms with van der Waals surface area (Å²) in [7, 11) is 1.60. The minimum Gasteiger partial charge on any atom is -0.496 e. The smallest absolute Gasteiger partial charge is 0.219 e. The third kappa shape index (κ3) is 3.50. The Hall–Kier alpha value is -1.11. The molecule has 0 aliphatic heterocycles. The van der Waals surface area contributed by atoms with E-state index in [1.54, 1.807) is 44.5 Å². The summed E-state index contributed by atoms with van der Waals surface area (Å²) in [6, 6.07) is 7.04. The van der Waals surface area contributed by atoms with E-state index in [4.69, 9.17) is 9.47 Å². The maximum Gasteiger partial charge on any atom is 0.219 e. The van der Waals surface area contributed by atoms with Crippen LogP contribution >= 0.6 is 31.9 Å². The lowest BCUT2D eigenvalue weighted by atomic mass is 10.2. The number of aliphatic hydroxyl groups excluding tert-OH is 1. The zero-order valence-electron chi connectivity index (χ0n) is 10.9. The van der Waals surface area contributed by atoms with Gasteiger partial charge in [0, 0.05) is 12.3 Å². The number of benzene rings is 1. The fourth-order valence-electron chi connectivity index (χ4n) is 1.60. The van der Waals surface area contributed by atoms with Gasteiger partial charge in [0.25, 0.3) is 0 Å². The Morgan fingerprint density at radius 2 is 1.80 bits per heavy atom. The van der Waals surface area contributed by atoms with Crippen molar-refractivity contribution in [2.75, 3.05) is 7.11 Å². The van der Waals surface area contributed by atoms with Gasteiger partial charge < -0.3 is 14.6 Å². The molecule has 2 aromatic rings.